The summed E-state index contributed by atoms with van der Waals surface area (Å²) in [5.74, 6) is -2.40. The summed E-state index contributed by atoms with van der Waals surface area (Å²) in [6, 6.07) is 7.28. The van der Waals surface area contributed by atoms with Crippen molar-refractivity contribution in [1.29, 1.82) is 0 Å². The number of imidazole rings is 1. The third-order valence-electron chi connectivity index (χ3n) is 4.31. The van der Waals surface area contributed by atoms with Crippen molar-refractivity contribution in [3.63, 3.8) is 0 Å². The SMILES string of the molecule is CS(=O)(=NC(=O)Cc1cn2cc(-c3noc(C(F)(F)F)n3)ccc2n1)c1cc(Cl)cc(Cl)c1. The van der Waals surface area contributed by atoms with Gasteiger partial charge in [0.05, 0.1) is 26.7 Å². The predicted octanol–water partition coefficient (Wildman–Crippen LogP) is 4.94. The number of amides is 1. The monoisotopic (exact) mass is 517 g/mol. The van der Waals surface area contributed by atoms with Crippen molar-refractivity contribution in [2.45, 2.75) is 17.5 Å². The predicted molar refractivity (Wildman–Crippen MR) is 113 cm³/mol. The molecule has 3 aromatic heterocycles. The van der Waals surface area contributed by atoms with E-state index in [-0.39, 0.29) is 32.7 Å². The molecule has 14 heteroatoms. The summed E-state index contributed by atoms with van der Waals surface area (Å²) in [6.45, 7) is 0. The summed E-state index contributed by atoms with van der Waals surface area (Å²) in [7, 11) is -3.10. The van der Waals surface area contributed by atoms with Crippen LogP contribution in [0.2, 0.25) is 10.0 Å². The van der Waals surface area contributed by atoms with Crippen LogP contribution in [0.15, 0.2) is 56.5 Å². The Balaban J connectivity index is 1.58. The van der Waals surface area contributed by atoms with Gasteiger partial charge in [0.25, 0.3) is 5.91 Å². The molecule has 0 radical (unpaired) electrons. The second-order valence-electron chi connectivity index (χ2n) is 6.91. The minimum Gasteiger partial charge on any atom is -0.329 e. The fourth-order valence-electron chi connectivity index (χ4n) is 2.90. The number of aromatic nitrogens is 4. The molecule has 8 nitrogen and oxygen atoms in total. The number of nitrogens with zero attached hydrogens (tertiary/aromatic N) is 5. The molecule has 0 aliphatic carbocycles. The quantitative estimate of drug-likeness (QED) is 0.380. The molecule has 0 fully saturated rings. The Morgan fingerprint density at radius 3 is 2.48 bits per heavy atom. The standard InChI is InChI=1S/C19H12Cl2F3N5O3S/c1-33(31,14-5-11(20)4-12(21)6-14)28-16(30)7-13-9-29-8-10(2-3-15(29)25-13)17-26-18(32-27-17)19(22,23)24/h2-6,8-9H,7H2,1H3. The number of fused-ring (bicyclic) bond motifs is 1. The molecule has 4 aromatic rings. The van der Waals surface area contributed by atoms with Crippen LogP contribution in [0.4, 0.5) is 13.2 Å². The number of halogens is 5. The van der Waals surface area contributed by atoms with Gasteiger partial charge >= 0.3 is 12.1 Å². The van der Waals surface area contributed by atoms with E-state index in [1.54, 1.807) is 0 Å². The van der Waals surface area contributed by atoms with Crippen molar-refractivity contribution in [2.75, 3.05) is 6.26 Å². The fourth-order valence-corrected chi connectivity index (χ4v) is 4.80. The van der Waals surface area contributed by atoms with E-state index >= 15 is 0 Å². The van der Waals surface area contributed by atoms with Crippen molar-refractivity contribution in [2.24, 2.45) is 4.36 Å². The number of benzene rings is 1. The lowest BCUT2D eigenvalue weighted by Crippen LogP contribution is -2.06. The van der Waals surface area contributed by atoms with Crippen molar-refractivity contribution >= 4 is 44.5 Å². The molecular formula is C19H12Cl2F3N5O3S. The first kappa shape index (κ1) is 23.2. The third kappa shape index (κ3) is 5.18. The van der Waals surface area contributed by atoms with Crippen LogP contribution in [-0.4, -0.2) is 35.9 Å². The first-order chi connectivity index (χ1) is 15.4. The first-order valence-electron chi connectivity index (χ1n) is 9.01. The molecule has 33 heavy (non-hydrogen) atoms. The van der Waals surface area contributed by atoms with Crippen LogP contribution in [0.5, 0.6) is 0 Å². The Morgan fingerprint density at radius 1 is 1.15 bits per heavy atom. The molecule has 172 valence electrons. The molecular weight excluding hydrogens is 506 g/mol. The number of alkyl halides is 3. The van der Waals surface area contributed by atoms with E-state index in [0.717, 1.165) is 0 Å². The maximum absolute atomic E-state index is 12.9. The summed E-state index contributed by atoms with van der Waals surface area (Å²) in [4.78, 5) is 20.3. The van der Waals surface area contributed by atoms with Crippen LogP contribution in [0.3, 0.4) is 0 Å². The molecule has 0 aliphatic rings. The third-order valence-corrected chi connectivity index (χ3v) is 6.41. The van der Waals surface area contributed by atoms with Gasteiger partial charge in [0.1, 0.15) is 5.65 Å². The minimum atomic E-state index is -4.75. The molecule has 0 saturated heterocycles. The van der Waals surface area contributed by atoms with Gasteiger partial charge in [-0.05, 0) is 30.3 Å². The largest absolute Gasteiger partial charge is 0.471 e. The zero-order valence-electron chi connectivity index (χ0n) is 16.5. The number of carbonyl (C=O) groups excluding carboxylic acids is 1. The first-order valence-corrected chi connectivity index (χ1v) is 11.7. The lowest BCUT2D eigenvalue weighted by atomic mass is 10.3. The summed E-state index contributed by atoms with van der Waals surface area (Å²) in [6.07, 6.45) is -0.782. The molecule has 1 amide bonds. The van der Waals surface area contributed by atoms with Crippen LogP contribution in [0, 0.1) is 0 Å². The number of rotatable bonds is 4. The molecule has 3 heterocycles. The Hall–Kier alpha value is -2.96. The van der Waals surface area contributed by atoms with Crippen molar-refractivity contribution in [1.82, 2.24) is 19.5 Å². The maximum Gasteiger partial charge on any atom is 0.471 e. The van der Waals surface area contributed by atoms with Crippen LogP contribution in [0.1, 0.15) is 11.6 Å². The van der Waals surface area contributed by atoms with Crippen LogP contribution >= 0.6 is 23.2 Å². The van der Waals surface area contributed by atoms with Gasteiger partial charge in [0, 0.05) is 34.3 Å². The second-order valence-corrected chi connectivity index (χ2v) is 10.0. The van der Waals surface area contributed by atoms with E-state index in [2.05, 4.69) is 24.0 Å². The van der Waals surface area contributed by atoms with Gasteiger partial charge in [-0.15, -0.1) is 0 Å². The van der Waals surface area contributed by atoms with Gasteiger partial charge in [0.2, 0.25) is 5.82 Å². The molecule has 1 unspecified atom stereocenters. The molecule has 0 aliphatic heterocycles. The van der Waals surface area contributed by atoms with E-state index in [9.17, 15) is 22.2 Å². The van der Waals surface area contributed by atoms with Gasteiger partial charge in [-0.3, -0.25) is 4.79 Å². The average Bonchev–Trinajstić information content (AvgIpc) is 3.32. The van der Waals surface area contributed by atoms with E-state index in [0.29, 0.717) is 11.3 Å². The molecule has 1 aromatic carbocycles. The van der Waals surface area contributed by atoms with Crippen LogP contribution in [0.25, 0.3) is 17.0 Å². The Bertz CT molecular complexity index is 1490. The zero-order chi connectivity index (χ0) is 24.0. The molecule has 4 rings (SSSR count). The summed E-state index contributed by atoms with van der Waals surface area (Å²) < 4.78 is 60.5. The lowest BCUT2D eigenvalue weighted by Gasteiger charge is -2.05. The highest BCUT2D eigenvalue weighted by Crippen LogP contribution is 2.29. The minimum absolute atomic E-state index is 0.214. The normalized spacial score (nSPS) is 13.8. The Labute approximate surface area is 194 Å². The lowest BCUT2D eigenvalue weighted by molar-refractivity contribution is -0.159. The van der Waals surface area contributed by atoms with E-state index < -0.39 is 27.7 Å². The zero-order valence-corrected chi connectivity index (χ0v) is 18.8. The Morgan fingerprint density at radius 2 is 1.85 bits per heavy atom. The summed E-state index contributed by atoms with van der Waals surface area (Å²) >= 11 is 11.9. The van der Waals surface area contributed by atoms with Gasteiger partial charge in [0.15, 0.2) is 0 Å². The van der Waals surface area contributed by atoms with E-state index in [4.69, 9.17) is 23.2 Å². The molecule has 1 atom stereocenters. The highest BCUT2D eigenvalue weighted by molar-refractivity contribution is 7.93. The summed E-state index contributed by atoms with van der Waals surface area (Å²) in [5, 5.41) is 3.85. The topological polar surface area (TPSA) is 103 Å². The highest BCUT2D eigenvalue weighted by Gasteiger charge is 2.38. The number of carbonyl (C=O) groups is 1. The second kappa shape index (κ2) is 8.43. The Kier molecular flexibility index (Phi) is 5.93. The van der Waals surface area contributed by atoms with Gasteiger partial charge in [-0.1, -0.05) is 28.4 Å². The maximum atomic E-state index is 12.9. The van der Waals surface area contributed by atoms with Gasteiger partial charge in [-0.25, -0.2) is 9.19 Å². The van der Waals surface area contributed by atoms with Crippen molar-refractivity contribution in [3.05, 3.63) is 64.4 Å². The van der Waals surface area contributed by atoms with Crippen molar-refractivity contribution < 1.29 is 26.7 Å². The number of hydrogen-bond donors (Lipinski definition) is 0. The molecule has 0 N–H and O–H groups in total. The average molecular weight is 518 g/mol. The molecule has 0 bridgehead atoms. The van der Waals surface area contributed by atoms with Gasteiger partial charge in [-0.2, -0.15) is 22.5 Å². The molecule has 0 spiro atoms. The van der Waals surface area contributed by atoms with Gasteiger partial charge < -0.3 is 8.92 Å². The van der Waals surface area contributed by atoms with Crippen molar-refractivity contribution in [3.8, 4) is 11.4 Å². The van der Waals surface area contributed by atoms with E-state index in [1.165, 1.54) is 53.4 Å². The number of hydrogen-bond acceptors (Lipinski definition) is 6. The van der Waals surface area contributed by atoms with Crippen LogP contribution in [-0.2, 0) is 27.1 Å². The molecule has 0 saturated carbocycles. The number of pyridine rings is 1. The summed E-state index contributed by atoms with van der Waals surface area (Å²) in [5.41, 5.74) is 0.973. The van der Waals surface area contributed by atoms with Crippen LogP contribution < -0.4 is 0 Å². The fraction of sp³-hybridized carbons (Fsp3) is 0.158. The highest BCUT2D eigenvalue weighted by atomic mass is 35.5. The van der Waals surface area contributed by atoms with E-state index in [1.807, 2.05) is 0 Å². The smallest absolute Gasteiger partial charge is 0.329 e.